The van der Waals surface area contributed by atoms with Gasteiger partial charge in [-0.2, -0.15) is 0 Å². The molecule has 1 saturated heterocycles. The van der Waals surface area contributed by atoms with Crippen molar-refractivity contribution in [2.45, 2.75) is 19.0 Å². The number of ether oxygens (including phenoxy) is 1. The van der Waals surface area contributed by atoms with Crippen LogP contribution in [0, 0.1) is 0 Å². The molecular weight excluding hydrogens is 409 g/mol. The van der Waals surface area contributed by atoms with Gasteiger partial charge in [-0.25, -0.2) is 8.42 Å². The lowest BCUT2D eigenvalue weighted by atomic mass is 10.1. The predicted molar refractivity (Wildman–Crippen MR) is 106 cm³/mol. The number of carbonyl (C=O) groups is 1. The highest BCUT2D eigenvalue weighted by Gasteiger charge is 2.35. The zero-order valence-electron chi connectivity index (χ0n) is 14.7. The summed E-state index contributed by atoms with van der Waals surface area (Å²) in [7, 11) is -1.62. The van der Waals surface area contributed by atoms with Gasteiger partial charge in [-0.1, -0.05) is 35.3 Å². The number of sulfone groups is 1. The molecule has 3 rings (SSSR count). The summed E-state index contributed by atoms with van der Waals surface area (Å²) in [5, 5.41) is 0.935. The van der Waals surface area contributed by atoms with E-state index in [4.69, 9.17) is 27.9 Å². The second kappa shape index (κ2) is 8.09. The number of methoxy groups -OCH3 is 1. The van der Waals surface area contributed by atoms with Gasteiger partial charge in [0.15, 0.2) is 9.84 Å². The van der Waals surface area contributed by atoms with Gasteiger partial charge < -0.3 is 9.64 Å². The van der Waals surface area contributed by atoms with Gasteiger partial charge in [-0.15, -0.1) is 0 Å². The molecule has 1 aliphatic heterocycles. The van der Waals surface area contributed by atoms with E-state index in [0.717, 1.165) is 0 Å². The molecule has 0 aliphatic carbocycles. The number of amides is 1. The molecule has 1 aliphatic rings. The third-order valence-corrected chi connectivity index (χ3v) is 6.92. The van der Waals surface area contributed by atoms with Crippen molar-refractivity contribution < 1.29 is 17.9 Å². The minimum atomic E-state index is -3.15. The van der Waals surface area contributed by atoms with Crippen LogP contribution in [0.4, 0.5) is 0 Å². The van der Waals surface area contributed by atoms with Crippen LogP contribution in [0.5, 0.6) is 5.75 Å². The first-order chi connectivity index (χ1) is 12.8. The molecule has 0 saturated carbocycles. The largest absolute Gasteiger partial charge is 0.497 e. The van der Waals surface area contributed by atoms with E-state index >= 15 is 0 Å². The molecule has 1 heterocycles. The second-order valence-corrected chi connectivity index (χ2v) is 9.53. The zero-order chi connectivity index (χ0) is 19.6. The minimum absolute atomic E-state index is 0.0477. The van der Waals surface area contributed by atoms with E-state index in [0.29, 0.717) is 33.3 Å². The number of hydrogen-bond donors (Lipinski definition) is 0. The molecule has 0 radical (unpaired) electrons. The van der Waals surface area contributed by atoms with Gasteiger partial charge in [0.1, 0.15) is 5.75 Å². The quantitative estimate of drug-likeness (QED) is 0.726. The van der Waals surface area contributed by atoms with E-state index in [1.54, 1.807) is 47.4 Å². The smallest absolute Gasteiger partial charge is 0.254 e. The summed E-state index contributed by atoms with van der Waals surface area (Å²) >= 11 is 12.2. The Bertz CT molecular complexity index is 962. The average molecular weight is 428 g/mol. The summed E-state index contributed by atoms with van der Waals surface area (Å²) in [6.07, 6.45) is 0.406. The third kappa shape index (κ3) is 4.75. The first kappa shape index (κ1) is 20.0. The van der Waals surface area contributed by atoms with Gasteiger partial charge >= 0.3 is 0 Å². The minimum Gasteiger partial charge on any atom is -0.497 e. The van der Waals surface area contributed by atoms with Gasteiger partial charge in [-0.3, -0.25) is 4.79 Å². The Morgan fingerprint density at radius 2 is 2.00 bits per heavy atom. The number of carbonyl (C=O) groups excluding carboxylic acids is 1. The van der Waals surface area contributed by atoms with Crippen molar-refractivity contribution in [2.75, 3.05) is 18.6 Å². The normalized spacial score (nSPS) is 18.3. The van der Waals surface area contributed by atoms with Crippen molar-refractivity contribution in [2.24, 2.45) is 0 Å². The highest BCUT2D eigenvalue weighted by Crippen LogP contribution is 2.27. The van der Waals surface area contributed by atoms with Crippen LogP contribution in [0.15, 0.2) is 42.5 Å². The highest BCUT2D eigenvalue weighted by molar-refractivity contribution is 7.91. The lowest BCUT2D eigenvalue weighted by Crippen LogP contribution is -2.40. The van der Waals surface area contributed by atoms with Gasteiger partial charge in [-0.05, 0) is 42.3 Å². The van der Waals surface area contributed by atoms with Crippen molar-refractivity contribution in [1.82, 2.24) is 4.90 Å². The fraction of sp³-hybridized carbons (Fsp3) is 0.316. The van der Waals surface area contributed by atoms with E-state index < -0.39 is 15.9 Å². The molecule has 5 nitrogen and oxygen atoms in total. The molecule has 27 heavy (non-hydrogen) atoms. The maximum Gasteiger partial charge on any atom is 0.254 e. The first-order valence-corrected chi connectivity index (χ1v) is 11.0. The first-order valence-electron chi connectivity index (χ1n) is 8.38. The van der Waals surface area contributed by atoms with E-state index in [-0.39, 0.29) is 24.0 Å². The van der Waals surface area contributed by atoms with Crippen LogP contribution in [0.2, 0.25) is 10.0 Å². The molecule has 1 amide bonds. The van der Waals surface area contributed by atoms with Crippen LogP contribution < -0.4 is 4.74 Å². The molecule has 144 valence electrons. The predicted octanol–water partition coefficient (Wildman–Crippen LogP) is 3.83. The van der Waals surface area contributed by atoms with Crippen LogP contribution in [0.3, 0.4) is 0 Å². The van der Waals surface area contributed by atoms with Crippen LogP contribution in [0.25, 0.3) is 0 Å². The molecule has 2 aromatic carbocycles. The molecule has 1 fully saturated rings. The summed E-state index contributed by atoms with van der Waals surface area (Å²) in [4.78, 5) is 14.8. The van der Waals surface area contributed by atoms with Crippen molar-refractivity contribution in [3.8, 4) is 5.75 Å². The van der Waals surface area contributed by atoms with Gasteiger partial charge in [0.05, 0.1) is 18.6 Å². The number of hydrogen-bond acceptors (Lipinski definition) is 4. The number of nitrogens with zero attached hydrogens (tertiary/aromatic N) is 1. The maximum atomic E-state index is 13.2. The summed E-state index contributed by atoms with van der Waals surface area (Å²) in [5.74, 6) is 0.327. The van der Waals surface area contributed by atoms with Crippen LogP contribution in [-0.4, -0.2) is 43.9 Å². The van der Waals surface area contributed by atoms with Crippen molar-refractivity contribution in [1.29, 1.82) is 0 Å². The van der Waals surface area contributed by atoms with E-state index in [1.165, 1.54) is 7.11 Å². The fourth-order valence-electron chi connectivity index (χ4n) is 3.14. The summed E-state index contributed by atoms with van der Waals surface area (Å²) in [5.41, 5.74) is 1.14. The van der Waals surface area contributed by atoms with Gasteiger partial charge in [0, 0.05) is 28.2 Å². The van der Waals surface area contributed by atoms with Crippen molar-refractivity contribution >= 4 is 38.9 Å². The Hall–Kier alpha value is -1.76. The van der Waals surface area contributed by atoms with E-state index in [1.807, 2.05) is 0 Å². The molecule has 8 heteroatoms. The number of benzene rings is 2. The Balaban J connectivity index is 1.95. The van der Waals surface area contributed by atoms with Crippen LogP contribution in [-0.2, 0) is 16.4 Å². The third-order valence-electron chi connectivity index (χ3n) is 4.58. The Labute approximate surface area is 168 Å². The van der Waals surface area contributed by atoms with Gasteiger partial charge in [0.25, 0.3) is 5.91 Å². The molecule has 0 N–H and O–H groups in total. The van der Waals surface area contributed by atoms with E-state index in [9.17, 15) is 13.2 Å². The molecule has 0 spiro atoms. The second-order valence-electron chi connectivity index (χ2n) is 6.46. The molecule has 2 aromatic rings. The lowest BCUT2D eigenvalue weighted by molar-refractivity contribution is 0.0680. The van der Waals surface area contributed by atoms with Crippen LogP contribution >= 0.6 is 23.2 Å². The monoisotopic (exact) mass is 427 g/mol. The number of halogens is 2. The Morgan fingerprint density at radius 3 is 2.63 bits per heavy atom. The Kier molecular flexibility index (Phi) is 5.99. The maximum absolute atomic E-state index is 13.2. The standard InChI is InChI=1S/C19H19Cl2NO4S/c1-26-17-4-2-3-13(9-17)19(23)22(16-7-8-27(24,25)12-16)11-14-5-6-15(20)10-18(14)21/h2-6,9-10,16H,7-8,11-12H2,1H3/t16-/m1/s1. The molecule has 0 bridgehead atoms. The molecule has 0 unspecified atom stereocenters. The van der Waals surface area contributed by atoms with Crippen LogP contribution in [0.1, 0.15) is 22.3 Å². The lowest BCUT2D eigenvalue weighted by Gasteiger charge is -2.29. The zero-order valence-corrected chi connectivity index (χ0v) is 17.0. The SMILES string of the molecule is COc1cccc(C(=O)N(Cc2ccc(Cl)cc2Cl)[C@@H]2CCS(=O)(=O)C2)c1. The summed E-state index contributed by atoms with van der Waals surface area (Å²) in [6, 6.07) is 11.5. The van der Waals surface area contributed by atoms with Gasteiger partial charge in [0.2, 0.25) is 0 Å². The Morgan fingerprint density at radius 1 is 1.22 bits per heavy atom. The summed E-state index contributed by atoms with van der Waals surface area (Å²) < 4.78 is 29.1. The molecule has 0 aromatic heterocycles. The van der Waals surface area contributed by atoms with E-state index in [2.05, 4.69) is 0 Å². The average Bonchev–Trinajstić information content (AvgIpc) is 3.00. The summed E-state index contributed by atoms with van der Waals surface area (Å²) in [6.45, 7) is 0.201. The van der Waals surface area contributed by atoms with Crippen molar-refractivity contribution in [3.05, 3.63) is 63.6 Å². The topological polar surface area (TPSA) is 63.7 Å². The van der Waals surface area contributed by atoms with Crippen molar-refractivity contribution in [3.63, 3.8) is 0 Å². The fourth-order valence-corrected chi connectivity index (χ4v) is 5.34. The number of rotatable bonds is 5. The molecular formula is C19H19Cl2NO4S. The highest BCUT2D eigenvalue weighted by atomic mass is 35.5. The molecule has 1 atom stereocenters.